The average Bonchev–Trinajstić information content (AvgIpc) is 2.53. The summed E-state index contributed by atoms with van der Waals surface area (Å²) in [5.41, 5.74) is 8.72. The quantitative estimate of drug-likeness (QED) is 0.858. The summed E-state index contributed by atoms with van der Waals surface area (Å²) in [5, 5.41) is 0.818. The van der Waals surface area contributed by atoms with Crippen molar-refractivity contribution in [3.05, 3.63) is 64.7 Å². The van der Waals surface area contributed by atoms with Crippen molar-refractivity contribution >= 4 is 11.6 Å². The maximum atomic E-state index is 6.35. The summed E-state index contributed by atoms with van der Waals surface area (Å²) in [5.74, 6) is 1.15. The van der Waals surface area contributed by atoms with E-state index in [0.29, 0.717) is 0 Å². The van der Waals surface area contributed by atoms with E-state index in [4.69, 9.17) is 22.1 Å². The van der Waals surface area contributed by atoms with Gasteiger partial charge in [0.1, 0.15) is 5.75 Å². The molecule has 0 spiro atoms. The molecule has 2 unspecified atom stereocenters. The zero-order valence-electron chi connectivity index (χ0n) is 12.6. The number of hydrogen-bond acceptors (Lipinski definition) is 2. The van der Waals surface area contributed by atoms with Gasteiger partial charge < -0.3 is 10.5 Å². The van der Waals surface area contributed by atoms with Gasteiger partial charge in [0.25, 0.3) is 0 Å². The SMILES string of the molecule is COc1cccc(C(C)C(N)CCc2ccccc2Cl)c1. The second-order valence-electron chi connectivity index (χ2n) is 5.36. The van der Waals surface area contributed by atoms with Gasteiger partial charge in [-0.3, -0.25) is 0 Å². The molecule has 0 aliphatic carbocycles. The van der Waals surface area contributed by atoms with Crippen LogP contribution in [0.25, 0.3) is 0 Å². The normalized spacial score (nSPS) is 13.7. The fourth-order valence-corrected chi connectivity index (χ4v) is 2.68. The first kappa shape index (κ1) is 15.9. The van der Waals surface area contributed by atoms with Crippen LogP contribution in [0.15, 0.2) is 48.5 Å². The molecule has 0 heterocycles. The Balaban J connectivity index is 1.99. The summed E-state index contributed by atoms with van der Waals surface area (Å²) in [6.45, 7) is 2.16. The van der Waals surface area contributed by atoms with Gasteiger partial charge in [-0.15, -0.1) is 0 Å². The zero-order valence-corrected chi connectivity index (χ0v) is 13.3. The number of methoxy groups -OCH3 is 1. The number of ether oxygens (including phenoxy) is 1. The molecule has 2 rings (SSSR count). The van der Waals surface area contributed by atoms with Crippen molar-refractivity contribution in [2.45, 2.75) is 31.7 Å². The lowest BCUT2D eigenvalue weighted by molar-refractivity contribution is 0.413. The van der Waals surface area contributed by atoms with E-state index in [0.717, 1.165) is 29.2 Å². The van der Waals surface area contributed by atoms with Gasteiger partial charge in [-0.2, -0.15) is 0 Å². The van der Waals surface area contributed by atoms with Gasteiger partial charge in [-0.05, 0) is 48.1 Å². The van der Waals surface area contributed by atoms with Crippen LogP contribution in [0.4, 0.5) is 0 Å². The molecule has 2 N–H and O–H groups in total. The maximum Gasteiger partial charge on any atom is 0.119 e. The molecule has 2 atom stereocenters. The molecule has 2 aromatic rings. The van der Waals surface area contributed by atoms with Crippen molar-refractivity contribution in [3.63, 3.8) is 0 Å². The number of halogens is 1. The Labute approximate surface area is 131 Å². The largest absolute Gasteiger partial charge is 0.497 e. The highest BCUT2D eigenvalue weighted by atomic mass is 35.5. The van der Waals surface area contributed by atoms with Crippen molar-refractivity contribution in [3.8, 4) is 5.75 Å². The Bertz CT molecular complexity index is 585. The summed E-state index contributed by atoms with van der Waals surface area (Å²) < 4.78 is 5.27. The monoisotopic (exact) mass is 303 g/mol. The molecule has 0 amide bonds. The molecule has 0 saturated heterocycles. The van der Waals surface area contributed by atoms with Crippen LogP contribution in [0.1, 0.15) is 30.4 Å². The minimum Gasteiger partial charge on any atom is -0.497 e. The van der Waals surface area contributed by atoms with E-state index in [2.05, 4.69) is 25.1 Å². The summed E-state index contributed by atoms with van der Waals surface area (Å²) >= 11 is 6.19. The molecular weight excluding hydrogens is 282 g/mol. The van der Waals surface area contributed by atoms with Crippen LogP contribution in [0.5, 0.6) is 5.75 Å². The highest BCUT2D eigenvalue weighted by Crippen LogP contribution is 2.25. The third-order valence-electron chi connectivity index (χ3n) is 3.97. The van der Waals surface area contributed by atoms with Crippen LogP contribution in [0, 0.1) is 0 Å². The summed E-state index contributed by atoms with van der Waals surface area (Å²) in [4.78, 5) is 0. The highest BCUT2D eigenvalue weighted by molar-refractivity contribution is 6.31. The molecule has 0 aliphatic rings. The number of nitrogens with two attached hydrogens (primary N) is 1. The second-order valence-corrected chi connectivity index (χ2v) is 5.77. The Kier molecular flexibility index (Phi) is 5.66. The molecular formula is C18H22ClNO. The van der Waals surface area contributed by atoms with Gasteiger partial charge in [-0.25, -0.2) is 0 Å². The van der Waals surface area contributed by atoms with E-state index in [1.54, 1.807) is 7.11 Å². The van der Waals surface area contributed by atoms with Gasteiger partial charge >= 0.3 is 0 Å². The first-order valence-electron chi connectivity index (χ1n) is 7.24. The Hall–Kier alpha value is -1.51. The third kappa shape index (κ3) is 4.23. The second kappa shape index (κ2) is 7.48. The summed E-state index contributed by atoms with van der Waals surface area (Å²) in [6.07, 6.45) is 1.80. The van der Waals surface area contributed by atoms with E-state index in [-0.39, 0.29) is 12.0 Å². The van der Waals surface area contributed by atoms with Gasteiger partial charge in [0.05, 0.1) is 7.11 Å². The van der Waals surface area contributed by atoms with Gasteiger partial charge in [0.2, 0.25) is 0 Å². The fraction of sp³-hybridized carbons (Fsp3) is 0.333. The predicted molar refractivity (Wildman–Crippen MR) is 89.2 cm³/mol. The topological polar surface area (TPSA) is 35.2 Å². The molecule has 21 heavy (non-hydrogen) atoms. The number of hydrogen-bond donors (Lipinski definition) is 1. The lowest BCUT2D eigenvalue weighted by Gasteiger charge is -2.21. The Morgan fingerprint density at radius 2 is 1.90 bits per heavy atom. The molecule has 0 bridgehead atoms. The number of benzene rings is 2. The maximum absolute atomic E-state index is 6.35. The van der Waals surface area contributed by atoms with Crippen molar-refractivity contribution in [2.75, 3.05) is 7.11 Å². The standard InChI is InChI=1S/C18H22ClNO/c1-13(15-7-5-8-16(12-15)21-2)18(20)11-10-14-6-3-4-9-17(14)19/h3-9,12-13,18H,10-11,20H2,1-2H3. The van der Waals surface area contributed by atoms with Gasteiger partial charge in [0.15, 0.2) is 0 Å². The van der Waals surface area contributed by atoms with Crippen LogP contribution in [0.3, 0.4) is 0 Å². The minimum absolute atomic E-state index is 0.0911. The number of aryl methyl sites for hydroxylation is 1. The third-order valence-corrected chi connectivity index (χ3v) is 4.34. The molecule has 0 aliphatic heterocycles. The molecule has 0 aromatic heterocycles. The van der Waals surface area contributed by atoms with Crippen LogP contribution < -0.4 is 10.5 Å². The van der Waals surface area contributed by atoms with Crippen molar-refractivity contribution in [2.24, 2.45) is 5.73 Å². The molecule has 2 aromatic carbocycles. The lowest BCUT2D eigenvalue weighted by Crippen LogP contribution is -2.27. The van der Waals surface area contributed by atoms with Gasteiger partial charge in [-0.1, -0.05) is 48.9 Å². The first-order valence-corrected chi connectivity index (χ1v) is 7.62. The highest BCUT2D eigenvalue weighted by Gasteiger charge is 2.16. The zero-order chi connectivity index (χ0) is 15.2. The average molecular weight is 304 g/mol. The number of rotatable bonds is 6. The van der Waals surface area contributed by atoms with E-state index in [1.165, 1.54) is 5.56 Å². The predicted octanol–water partition coefficient (Wildman–Crippen LogP) is 4.41. The van der Waals surface area contributed by atoms with E-state index in [1.807, 2.05) is 30.3 Å². The smallest absolute Gasteiger partial charge is 0.119 e. The molecule has 0 radical (unpaired) electrons. The molecule has 112 valence electrons. The van der Waals surface area contributed by atoms with E-state index in [9.17, 15) is 0 Å². The van der Waals surface area contributed by atoms with Crippen LogP contribution in [-0.2, 0) is 6.42 Å². The Morgan fingerprint density at radius 3 is 2.62 bits per heavy atom. The summed E-state index contributed by atoms with van der Waals surface area (Å²) in [6, 6.07) is 16.1. The van der Waals surface area contributed by atoms with Crippen molar-refractivity contribution in [1.29, 1.82) is 0 Å². The molecule has 3 heteroatoms. The van der Waals surface area contributed by atoms with Crippen molar-refractivity contribution < 1.29 is 4.74 Å². The Morgan fingerprint density at radius 1 is 1.14 bits per heavy atom. The molecule has 0 fully saturated rings. The first-order chi connectivity index (χ1) is 10.1. The van der Waals surface area contributed by atoms with Crippen LogP contribution >= 0.6 is 11.6 Å². The molecule has 0 saturated carbocycles. The molecule has 2 nitrogen and oxygen atoms in total. The minimum atomic E-state index is 0.0911. The van der Waals surface area contributed by atoms with E-state index >= 15 is 0 Å². The fourth-order valence-electron chi connectivity index (χ4n) is 2.45. The van der Waals surface area contributed by atoms with E-state index < -0.39 is 0 Å². The van der Waals surface area contributed by atoms with Gasteiger partial charge in [0, 0.05) is 11.1 Å². The van der Waals surface area contributed by atoms with Crippen LogP contribution in [0.2, 0.25) is 5.02 Å². The van der Waals surface area contributed by atoms with Crippen LogP contribution in [-0.4, -0.2) is 13.2 Å². The lowest BCUT2D eigenvalue weighted by atomic mass is 9.90. The van der Waals surface area contributed by atoms with Crippen molar-refractivity contribution in [1.82, 2.24) is 0 Å². The summed E-state index contributed by atoms with van der Waals surface area (Å²) in [7, 11) is 1.68.